The van der Waals surface area contributed by atoms with Crippen molar-refractivity contribution >= 4 is 46.4 Å². The molecule has 0 unspecified atom stereocenters. The van der Waals surface area contributed by atoms with Gasteiger partial charge in [0, 0.05) is 36.3 Å². The summed E-state index contributed by atoms with van der Waals surface area (Å²) in [6.45, 7) is 8.26. The monoisotopic (exact) mass is 796 g/mol. The smallest absolute Gasteiger partial charge is 0.415 e. The number of hydrogen-bond acceptors (Lipinski definition) is 9. The lowest BCUT2D eigenvalue weighted by molar-refractivity contribution is -0.124. The van der Waals surface area contributed by atoms with Crippen LogP contribution in [0.3, 0.4) is 0 Å². The zero-order valence-corrected chi connectivity index (χ0v) is 34.2. The molecule has 0 fully saturated rings. The van der Waals surface area contributed by atoms with E-state index in [-0.39, 0.29) is 24.9 Å². The lowest BCUT2D eigenvalue weighted by Gasteiger charge is -2.36. The average Bonchev–Trinajstić information content (AvgIpc) is 3.90. The molecule has 4 amide bonds. The highest BCUT2D eigenvalue weighted by atomic mass is 32.1. The van der Waals surface area contributed by atoms with Crippen molar-refractivity contribution in [1.29, 1.82) is 0 Å². The minimum atomic E-state index is -1.12. The number of hydrogen-bond donors (Lipinski definition) is 3. The number of amides is 4. The minimum Gasteiger partial charge on any atom is -0.443 e. The molecular weight excluding hydrogens is 745 g/mol. The topological polar surface area (TPSA) is 137 Å². The predicted molar refractivity (Wildman–Crippen MR) is 223 cm³/mol. The van der Waals surface area contributed by atoms with E-state index >= 15 is 0 Å². The van der Waals surface area contributed by atoms with Crippen molar-refractivity contribution in [2.45, 2.75) is 90.3 Å². The maximum Gasteiger partial charge on any atom is 0.415 e. The van der Waals surface area contributed by atoms with Crippen molar-refractivity contribution in [3.63, 3.8) is 0 Å². The van der Waals surface area contributed by atoms with Crippen LogP contribution in [0.1, 0.15) is 66.7 Å². The van der Waals surface area contributed by atoms with Gasteiger partial charge in [-0.3, -0.25) is 14.7 Å². The maximum absolute atomic E-state index is 14.2. The van der Waals surface area contributed by atoms with Gasteiger partial charge in [0.15, 0.2) is 0 Å². The first-order valence-electron chi connectivity index (χ1n) is 18.9. The largest absolute Gasteiger partial charge is 0.443 e. The van der Waals surface area contributed by atoms with Crippen LogP contribution < -0.4 is 15.5 Å². The number of aliphatic hydroxyl groups excluding tert-OH is 1. The van der Waals surface area contributed by atoms with Crippen LogP contribution in [0.15, 0.2) is 108 Å². The molecule has 11 nitrogen and oxygen atoms in total. The lowest BCUT2D eigenvalue weighted by atomic mass is 9.92. The Morgan fingerprint density at radius 3 is 2.04 bits per heavy atom. The Morgan fingerprint density at radius 2 is 1.46 bits per heavy atom. The number of aromatic nitrogens is 2. The number of para-hydroxylation sites is 1. The zero-order valence-electron chi connectivity index (χ0n) is 32.6. The Morgan fingerprint density at radius 1 is 0.839 bits per heavy atom. The molecule has 0 radical (unpaired) electrons. The Bertz CT molecular complexity index is 1940. The van der Waals surface area contributed by atoms with E-state index in [2.05, 4.69) is 34.4 Å². The van der Waals surface area contributed by atoms with Gasteiger partial charge in [-0.15, -0.1) is 22.7 Å². The van der Waals surface area contributed by atoms with E-state index in [9.17, 15) is 19.5 Å². The molecule has 56 heavy (non-hydrogen) atoms. The molecule has 0 aliphatic carbocycles. The number of thiazole rings is 2. The molecule has 2 aromatic heterocycles. The van der Waals surface area contributed by atoms with Gasteiger partial charge in [0.25, 0.3) is 0 Å². The third kappa shape index (κ3) is 12.2. The van der Waals surface area contributed by atoms with E-state index in [1.165, 1.54) is 21.1 Å². The summed E-state index contributed by atoms with van der Waals surface area (Å²) < 4.78 is 5.83. The van der Waals surface area contributed by atoms with Crippen molar-refractivity contribution in [2.75, 3.05) is 11.9 Å². The second kappa shape index (κ2) is 20.7. The second-order valence-corrected chi connectivity index (χ2v) is 16.4. The third-order valence-electron chi connectivity index (χ3n) is 9.35. The Kier molecular flexibility index (Phi) is 15.5. The number of carbonyl (C=O) groups is 3. The standard InChI is InChI=1S/C43H52N6O5S2/c1-29(2)39(47-42(52)48(5)25-34-27-55-41(46-34)30(3)4)40(51)45-33(21-31-15-9-6-10-16-31)23-38(50)37(22-32-17-11-7-12-18-32)49(35-19-13-8-14-20-35)43(53)54-26-36-24-44-28-56-36/h6-20,24,27-30,33,37-39,50H,21-23,25-26H2,1-5H3,(H,45,51)(H,47,52)/t33-,37-,38-,39-/m0/s1. The number of nitrogens with one attached hydrogen (secondary N) is 2. The summed E-state index contributed by atoms with van der Waals surface area (Å²) in [6.07, 6.45) is 0.748. The van der Waals surface area contributed by atoms with E-state index in [0.29, 0.717) is 31.0 Å². The van der Waals surface area contributed by atoms with Gasteiger partial charge in [0.1, 0.15) is 12.6 Å². The van der Waals surface area contributed by atoms with Crippen molar-refractivity contribution in [3.8, 4) is 0 Å². The fourth-order valence-electron chi connectivity index (χ4n) is 6.38. The summed E-state index contributed by atoms with van der Waals surface area (Å²) in [7, 11) is 1.68. The van der Waals surface area contributed by atoms with Gasteiger partial charge in [-0.25, -0.2) is 14.6 Å². The lowest BCUT2D eigenvalue weighted by Crippen LogP contribution is -2.56. The molecule has 4 atom stereocenters. The molecule has 2 heterocycles. The number of ether oxygens (including phenoxy) is 1. The van der Waals surface area contributed by atoms with Gasteiger partial charge in [-0.05, 0) is 48.4 Å². The fourth-order valence-corrected chi connectivity index (χ4v) is 7.71. The number of benzene rings is 3. The van der Waals surface area contributed by atoms with Gasteiger partial charge in [-0.1, -0.05) is 107 Å². The molecule has 0 spiro atoms. The number of carbonyl (C=O) groups excluding carboxylic acids is 3. The molecule has 0 saturated heterocycles. The molecule has 296 valence electrons. The van der Waals surface area contributed by atoms with Crippen LogP contribution in [0.25, 0.3) is 0 Å². The molecule has 3 N–H and O–H groups in total. The van der Waals surface area contributed by atoms with Crippen LogP contribution in [0, 0.1) is 5.92 Å². The Hall–Kier alpha value is -5.11. The van der Waals surface area contributed by atoms with Crippen LogP contribution in [0.5, 0.6) is 0 Å². The molecule has 5 rings (SSSR count). The summed E-state index contributed by atoms with van der Waals surface area (Å²) in [5.74, 6) is -0.314. The van der Waals surface area contributed by atoms with Crippen molar-refractivity contribution < 1.29 is 24.2 Å². The second-order valence-electron chi connectivity index (χ2n) is 14.5. The number of aliphatic hydroxyl groups is 1. The molecule has 0 bridgehead atoms. The highest BCUT2D eigenvalue weighted by Gasteiger charge is 2.35. The van der Waals surface area contributed by atoms with E-state index < -0.39 is 36.4 Å². The third-order valence-corrected chi connectivity index (χ3v) is 11.3. The predicted octanol–water partition coefficient (Wildman–Crippen LogP) is 7.82. The maximum atomic E-state index is 14.2. The van der Waals surface area contributed by atoms with E-state index in [4.69, 9.17) is 4.74 Å². The highest BCUT2D eigenvalue weighted by Crippen LogP contribution is 2.26. The number of urea groups is 1. The summed E-state index contributed by atoms with van der Waals surface area (Å²) in [4.78, 5) is 54.2. The van der Waals surface area contributed by atoms with Gasteiger partial charge in [0.05, 0.1) is 39.8 Å². The van der Waals surface area contributed by atoms with Gasteiger partial charge in [0.2, 0.25) is 5.91 Å². The highest BCUT2D eigenvalue weighted by molar-refractivity contribution is 7.09. The quantitative estimate of drug-likeness (QED) is 0.0823. The molecule has 0 saturated carbocycles. The average molecular weight is 797 g/mol. The fraction of sp³-hybridized carbons (Fsp3) is 0.372. The van der Waals surface area contributed by atoms with Gasteiger partial charge in [-0.2, -0.15) is 0 Å². The minimum absolute atomic E-state index is 0.0356. The molecule has 3 aromatic carbocycles. The van der Waals surface area contributed by atoms with Crippen LogP contribution >= 0.6 is 22.7 Å². The van der Waals surface area contributed by atoms with Crippen molar-refractivity contribution in [2.24, 2.45) is 5.92 Å². The summed E-state index contributed by atoms with van der Waals surface area (Å²) in [5.41, 5.74) is 4.92. The van der Waals surface area contributed by atoms with E-state index in [1.54, 1.807) is 30.1 Å². The first-order chi connectivity index (χ1) is 27.0. The van der Waals surface area contributed by atoms with Gasteiger partial charge >= 0.3 is 12.1 Å². The van der Waals surface area contributed by atoms with Crippen molar-refractivity contribution in [3.05, 3.63) is 135 Å². The summed E-state index contributed by atoms with van der Waals surface area (Å²) >= 11 is 2.96. The number of rotatable bonds is 18. The van der Waals surface area contributed by atoms with Crippen LogP contribution in [-0.4, -0.2) is 69.3 Å². The van der Waals surface area contributed by atoms with Gasteiger partial charge < -0.3 is 25.4 Å². The molecule has 0 aliphatic rings. The first-order valence-corrected chi connectivity index (χ1v) is 20.6. The van der Waals surface area contributed by atoms with E-state index in [0.717, 1.165) is 26.7 Å². The molecule has 0 aliphatic heterocycles. The Labute approximate surface area is 337 Å². The summed E-state index contributed by atoms with van der Waals surface area (Å²) in [6, 6.07) is 26.0. The number of nitrogens with zero attached hydrogens (tertiary/aromatic N) is 4. The zero-order chi connectivity index (χ0) is 40.0. The summed E-state index contributed by atoms with van der Waals surface area (Å²) in [5, 5.41) is 21.4. The van der Waals surface area contributed by atoms with Crippen molar-refractivity contribution in [1.82, 2.24) is 25.5 Å². The van der Waals surface area contributed by atoms with Crippen LogP contribution in [0.4, 0.5) is 15.3 Å². The van der Waals surface area contributed by atoms with Crippen LogP contribution in [0.2, 0.25) is 0 Å². The number of anilines is 1. The normalized spacial score (nSPS) is 13.4. The first kappa shape index (κ1) is 42.0. The Balaban J connectivity index is 1.39. The molecular formula is C43H52N6O5S2. The SMILES string of the molecule is CC(C)c1nc(CN(C)C(=O)N[C@H](C(=O)N[C@@H](Cc2ccccc2)C[C@H](O)[C@H](Cc2ccccc2)N(C(=O)OCc2cncs2)c2ccccc2)C(C)C)cs1. The molecule has 5 aromatic rings. The van der Waals surface area contributed by atoms with Crippen LogP contribution in [-0.2, 0) is 35.5 Å². The molecule has 13 heteroatoms. The van der Waals surface area contributed by atoms with E-state index in [1.807, 2.05) is 110 Å².